The second-order valence-electron chi connectivity index (χ2n) is 5.98. The Morgan fingerprint density at radius 2 is 2.09 bits per heavy atom. The zero-order chi connectivity index (χ0) is 16.1. The molecule has 0 bridgehead atoms. The number of thiazole rings is 1. The van der Waals surface area contributed by atoms with E-state index in [1.54, 1.807) is 0 Å². The summed E-state index contributed by atoms with van der Waals surface area (Å²) in [7, 11) is 0. The van der Waals surface area contributed by atoms with Crippen LogP contribution >= 0.6 is 11.3 Å². The van der Waals surface area contributed by atoms with Crippen LogP contribution in [0.15, 0.2) is 0 Å². The first-order valence-corrected chi connectivity index (χ1v) is 8.82. The number of aliphatic carboxylic acids is 1. The number of nitrogens with zero attached hydrogens (tertiary/aromatic N) is 1. The van der Waals surface area contributed by atoms with E-state index in [1.165, 1.54) is 24.2 Å². The van der Waals surface area contributed by atoms with Crippen LogP contribution in [0.4, 0.5) is 0 Å². The maximum Gasteiger partial charge on any atom is 0.308 e. The van der Waals surface area contributed by atoms with Crippen LogP contribution in [-0.4, -0.2) is 28.5 Å². The summed E-state index contributed by atoms with van der Waals surface area (Å²) in [5, 5.41) is 12.9. The molecular formula is C16H24N2O3S. The number of aryl methyl sites for hydroxylation is 1. The van der Waals surface area contributed by atoms with Gasteiger partial charge in [0.05, 0.1) is 16.6 Å². The molecule has 2 rings (SSSR count). The van der Waals surface area contributed by atoms with Crippen molar-refractivity contribution in [2.24, 2.45) is 5.92 Å². The van der Waals surface area contributed by atoms with Gasteiger partial charge in [-0.15, -0.1) is 11.3 Å². The number of carbonyl (C=O) groups is 2. The Morgan fingerprint density at radius 1 is 1.41 bits per heavy atom. The van der Waals surface area contributed by atoms with E-state index in [9.17, 15) is 9.59 Å². The lowest BCUT2D eigenvalue weighted by Crippen LogP contribution is -2.32. The first-order valence-electron chi connectivity index (χ1n) is 8.01. The van der Waals surface area contributed by atoms with Gasteiger partial charge in [0.25, 0.3) is 5.91 Å². The van der Waals surface area contributed by atoms with Crippen molar-refractivity contribution < 1.29 is 14.7 Å². The highest BCUT2D eigenvalue weighted by Crippen LogP contribution is 2.37. The summed E-state index contributed by atoms with van der Waals surface area (Å²) in [6.07, 6.45) is 6.16. The molecule has 122 valence electrons. The van der Waals surface area contributed by atoms with Crippen LogP contribution in [0.1, 0.15) is 71.7 Å². The Morgan fingerprint density at radius 3 is 2.68 bits per heavy atom. The molecule has 1 aliphatic rings. The average Bonchev–Trinajstić information content (AvgIpc) is 3.11. The molecule has 0 saturated heterocycles. The van der Waals surface area contributed by atoms with E-state index in [0.717, 1.165) is 30.0 Å². The fourth-order valence-electron chi connectivity index (χ4n) is 2.93. The van der Waals surface area contributed by atoms with Gasteiger partial charge in [0.1, 0.15) is 4.88 Å². The van der Waals surface area contributed by atoms with Gasteiger partial charge in [0.2, 0.25) is 0 Å². The van der Waals surface area contributed by atoms with Gasteiger partial charge in [-0.05, 0) is 26.2 Å². The van der Waals surface area contributed by atoms with Crippen LogP contribution in [0.2, 0.25) is 0 Å². The normalized spacial score (nSPS) is 16.6. The zero-order valence-corrected chi connectivity index (χ0v) is 14.0. The molecular weight excluding hydrogens is 300 g/mol. The number of carboxylic acids is 1. The SMILES string of the molecule is CCCC(CNC(=O)c1sc(C2CCCC2)nc1C)C(=O)O. The van der Waals surface area contributed by atoms with Gasteiger partial charge in [0, 0.05) is 12.5 Å². The number of nitrogens with one attached hydrogen (secondary N) is 1. The molecule has 1 unspecified atom stereocenters. The zero-order valence-electron chi connectivity index (χ0n) is 13.2. The largest absolute Gasteiger partial charge is 0.481 e. The Kier molecular flexibility index (Phi) is 5.94. The lowest BCUT2D eigenvalue weighted by Gasteiger charge is -2.11. The van der Waals surface area contributed by atoms with Gasteiger partial charge in [-0.2, -0.15) is 0 Å². The summed E-state index contributed by atoms with van der Waals surface area (Å²) >= 11 is 1.47. The van der Waals surface area contributed by atoms with Gasteiger partial charge >= 0.3 is 5.97 Å². The molecule has 1 heterocycles. The van der Waals surface area contributed by atoms with Gasteiger partial charge in [-0.3, -0.25) is 9.59 Å². The van der Waals surface area contributed by atoms with Crippen LogP contribution in [0.3, 0.4) is 0 Å². The van der Waals surface area contributed by atoms with Crippen LogP contribution in [0.5, 0.6) is 0 Å². The molecule has 1 atom stereocenters. The number of carboxylic acid groups (broad SMARTS) is 1. The molecule has 0 aromatic carbocycles. The highest BCUT2D eigenvalue weighted by molar-refractivity contribution is 7.13. The van der Waals surface area contributed by atoms with Crippen molar-refractivity contribution in [3.8, 4) is 0 Å². The van der Waals surface area contributed by atoms with Crippen molar-refractivity contribution >= 4 is 23.2 Å². The molecule has 2 N–H and O–H groups in total. The number of aromatic nitrogens is 1. The number of hydrogen-bond donors (Lipinski definition) is 2. The van der Waals surface area contributed by atoms with Crippen LogP contribution in [0, 0.1) is 12.8 Å². The molecule has 0 radical (unpaired) electrons. The molecule has 1 fully saturated rings. The van der Waals surface area contributed by atoms with Crippen LogP contribution in [0.25, 0.3) is 0 Å². The third-order valence-corrected chi connectivity index (χ3v) is 5.54. The minimum Gasteiger partial charge on any atom is -0.481 e. The number of hydrogen-bond acceptors (Lipinski definition) is 4. The first kappa shape index (κ1) is 16.9. The Hall–Kier alpha value is -1.43. The lowest BCUT2D eigenvalue weighted by molar-refractivity contribution is -0.141. The standard InChI is InChI=1S/C16H24N2O3S/c1-3-6-12(16(20)21)9-17-14(19)13-10(2)18-15(22-13)11-7-4-5-8-11/h11-12H,3-9H2,1-2H3,(H,17,19)(H,20,21). The molecule has 1 aliphatic carbocycles. The lowest BCUT2D eigenvalue weighted by atomic mass is 10.0. The maximum atomic E-state index is 12.3. The minimum absolute atomic E-state index is 0.179. The molecule has 1 amide bonds. The van der Waals surface area contributed by atoms with Gasteiger partial charge in [0.15, 0.2) is 0 Å². The molecule has 1 saturated carbocycles. The van der Waals surface area contributed by atoms with Crippen LogP contribution < -0.4 is 5.32 Å². The third-order valence-electron chi connectivity index (χ3n) is 4.22. The second kappa shape index (κ2) is 7.72. The maximum absolute atomic E-state index is 12.3. The van der Waals surface area contributed by atoms with Gasteiger partial charge in [-0.1, -0.05) is 26.2 Å². The molecule has 22 heavy (non-hydrogen) atoms. The van der Waals surface area contributed by atoms with E-state index in [4.69, 9.17) is 5.11 Å². The number of amides is 1. The molecule has 0 aliphatic heterocycles. The second-order valence-corrected chi connectivity index (χ2v) is 7.01. The molecule has 1 aromatic heterocycles. The summed E-state index contributed by atoms with van der Waals surface area (Å²) in [4.78, 5) is 28.6. The molecule has 6 heteroatoms. The van der Waals surface area contributed by atoms with Crippen molar-refractivity contribution in [3.05, 3.63) is 15.6 Å². The summed E-state index contributed by atoms with van der Waals surface area (Å²) in [5.41, 5.74) is 0.756. The van der Waals surface area contributed by atoms with E-state index in [1.807, 2.05) is 13.8 Å². The van der Waals surface area contributed by atoms with E-state index >= 15 is 0 Å². The molecule has 0 spiro atoms. The van der Waals surface area contributed by atoms with Crippen molar-refractivity contribution in [1.29, 1.82) is 0 Å². The van der Waals surface area contributed by atoms with Crippen molar-refractivity contribution in [2.75, 3.05) is 6.54 Å². The Bertz CT molecular complexity index is 535. The average molecular weight is 324 g/mol. The molecule has 5 nitrogen and oxygen atoms in total. The van der Waals surface area contributed by atoms with Crippen molar-refractivity contribution in [3.63, 3.8) is 0 Å². The minimum atomic E-state index is -0.852. The summed E-state index contributed by atoms with van der Waals surface area (Å²) < 4.78 is 0. The summed E-state index contributed by atoms with van der Waals surface area (Å²) in [5.74, 6) is -1.06. The van der Waals surface area contributed by atoms with E-state index in [-0.39, 0.29) is 12.5 Å². The number of rotatable bonds is 7. The van der Waals surface area contributed by atoms with Crippen molar-refractivity contribution in [1.82, 2.24) is 10.3 Å². The van der Waals surface area contributed by atoms with Gasteiger partial charge < -0.3 is 10.4 Å². The number of carbonyl (C=O) groups excluding carboxylic acids is 1. The molecule has 1 aromatic rings. The Balaban J connectivity index is 1.98. The summed E-state index contributed by atoms with van der Waals surface area (Å²) in [6, 6.07) is 0. The van der Waals surface area contributed by atoms with E-state index in [0.29, 0.717) is 17.2 Å². The van der Waals surface area contributed by atoms with Crippen molar-refractivity contribution in [2.45, 2.75) is 58.3 Å². The monoisotopic (exact) mass is 324 g/mol. The highest BCUT2D eigenvalue weighted by atomic mass is 32.1. The Labute approximate surface area is 135 Å². The predicted molar refractivity (Wildman–Crippen MR) is 86.4 cm³/mol. The van der Waals surface area contributed by atoms with E-state index < -0.39 is 11.9 Å². The quantitative estimate of drug-likeness (QED) is 0.806. The summed E-state index contributed by atoms with van der Waals surface area (Å²) in [6.45, 7) is 3.97. The topological polar surface area (TPSA) is 79.3 Å². The van der Waals surface area contributed by atoms with E-state index in [2.05, 4.69) is 10.3 Å². The fraction of sp³-hybridized carbons (Fsp3) is 0.688. The third kappa shape index (κ3) is 4.06. The highest BCUT2D eigenvalue weighted by Gasteiger charge is 2.24. The smallest absolute Gasteiger partial charge is 0.308 e. The van der Waals surface area contributed by atoms with Gasteiger partial charge in [-0.25, -0.2) is 4.98 Å². The fourth-order valence-corrected chi connectivity index (χ4v) is 4.09. The van der Waals surface area contributed by atoms with Crippen LogP contribution in [-0.2, 0) is 4.79 Å². The predicted octanol–water partition coefficient (Wildman–Crippen LogP) is 3.34. The first-order chi connectivity index (χ1) is 10.5.